The summed E-state index contributed by atoms with van der Waals surface area (Å²) >= 11 is 0. The van der Waals surface area contributed by atoms with Gasteiger partial charge in [-0.05, 0) is 48.2 Å². The Bertz CT molecular complexity index is 969. The summed E-state index contributed by atoms with van der Waals surface area (Å²) in [5.74, 6) is 1.04. The number of carbonyl (C=O) groups excluding carboxylic acids is 1. The molecule has 160 valence electrons. The Labute approximate surface area is 183 Å². The minimum Gasteiger partial charge on any atom is -0.488 e. The van der Waals surface area contributed by atoms with E-state index in [-0.39, 0.29) is 12.5 Å². The third-order valence-corrected chi connectivity index (χ3v) is 4.66. The molecule has 1 amide bonds. The number of benzene rings is 3. The van der Waals surface area contributed by atoms with Gasteiger partial charge in [-0.1, -0.05) is 67.9 Å². The van der Waals surface area contributed by atoms with Crippen LogP contribution in [0.5, 0.6) is 11.5 Å². The van der Waals surface area contributed by atoms with Gasteiger partial charge in [-0.3, -0.25) is 4.79 Å². The number of rotatable bonds is 11. The summed E-state index contributed by atoms with van der Waals surface area (Å²) in [5, 5.41) is 4.03. The van der Waals surface area contributed by atoms with E-state index in [1.54, 1.807) is 6.21 Å². The van der Waals surface area contributed by atoms with Gasteiger partial charge >= 0.3 is 0 Å². The van der Waals surface area contributed by atoms with Crippen molar-refractivity contribution in [1.29, 1.82) is 0 Å². The highest BCUT2D eigenvalue weighted by molar-refractivity contribution is 5.85. The number of hydrazone groups is 1. The SMILES string of the molecule is CCCCc1ccc(OCC(=O)NN=Cc2ccccc2OCc2ccccc2)cc1. The number of aryl methyl sites for hydroxylation is 1. The number of hydrogen-bond donors (Lipinski definition) is 1. The third-order valence-electron chi connectivity index (χ3n) is 4.66. The predicted octanol–water partition coefficient (Wildman–Crippen LogP) is 5.14. The highest BCUT2D eigenvalue weighted by Gasteiger charge is 2.04. The van der Waals surface area contributed by atoms with Gasteiger partial charge in [-0.25, -0.2) is 5.43 Å². The maximum Gasteiger partial charge on any atom is 0.277 e. The first kappa shape index (κ1) is 22.1. The van der Waals surface area contributed by atoms with E-state index in [0.717, 1.165) is 17.5 Å². The highest BCUT2D eigenvalue weighted by Crippen LogP contribution is 2.17. The number of ether oxygens (including phenoxy) is 2. The van der Waals surface area contributed by atoms with Gasteiger partial charge in [-0.15, -0.1) is 0 Å². The predicted molar refractivity (Wildman–Crippen MR) is 124 cm³/mol. The molecule has 0 spiro atoms. The van der Waals surface area contributed by atoms with Crippen molar-refractivity contribution in [3.63, 3.8) is 0 Å². The van der Waals surface area contributed by atoms with Crippen molar-refractivity contribution in [2.24, 2.45) is 5.10 Å². The minimum atomic E-state index is -0.325. The van der Waals surface area contributed by atoms with Crippen molar-refractivity contribution >= 4 is 12.1 Å². The fourth-order valence-electron chi connectivity index (χ4n) is 2.94. The van der Waals surface area contributed by atoms with Crippen LogP contribution in [-0.2, 0) is 17.8 Å². The molecule has 3 aromatic carbocycles. The molecule has 0 fully saturated rings. The zero-order valence-electron chi connectivity index (χ0n) is 17.8. The van der Waals surface area contributed by atoms with Crippen molar-refractivity contribution in [2.75, 3.05) is 6.61 Å². The van der Waals surface area contributed by atoms with E-state index in [9.17, 15) is 4.79 Å². The number of nitrogens with zero attached hydrogens (tertiary/aromatic N) is 1. The molecule has 0 aliphatic carbocycles. The Kier molecular flexibility index (Phi) is 8.68. The molecule has 1 N–H and O–H groups in total. The Morgan fingerprint density at radius 1 is 0.903 bits per heavy atom. The van der Waals surface area contributed by atoms with E-state index in [0.29, 0.717) is 18.1 Å². The van der Waals surface area contributed by atoms with Gasteiger partial charge < -0.3 is 9.47 Å². The Balaban J connectivity index is 1.46. The van der Waals surface area contributed by atoms with Crippen LogP contribution in [0.1, 0.15) is 36.5 Å². The van der Waals surface area contributed by atoms with E-state index in [2.05, 4.69) is 17.5 Å². The van der Waals surface area contributed by atoms with Gasteiger partial charge in [0.25, 0.3) is 5.91 Å². The number of nitrogens with one attached hydrogen (secondary N) is 1. The molecule has 3 rings (SSSR count). The number of carbonyl (C=O) groups is 1. The lowest BCUT2D eigenvalue weighted by Gasteiger charge is -2.09. The smallest absolute Gasteiger partial charge is 0.277 e. The fraction of sp³-hybridized carbons (Fsp3) is 0.231. The standard InChI is InChI=1S/C26H28N2O3/c1-2-3-9-21-14-16-24(17-15-21)30-20-26(29)28-27-18-23-12-7-8-13-25(23)31-19-22-10-5-4-6-11-22/h4-8,10-18H,2-3,9,19-20H2,1H3,(H,28,29). The normalized spacial score (nSPS) is 10.7. The zero-order valence-corrected chi connectivity index (χ0v) is 17.8. The van der Waals surface area contributed by atoms with Crippen molar-refractivity contribution in [3.8, 4) is 11.5 Å². The summed E-state index contributed by atoms with van der Waals surface area (Å²) in [6, 6.07) is 25.3. The molecule has 0 aromatic heterocycles. The van der Waals surface area contributed by atoms with Crippen LogP contribution < -0.4 is 14.9 Å². The molecule has 0 unspecified atom stereocenters. The summed E-state index contributed by atoms with van der Waals surface area (Å²) in [4.78, 5) is 12.0. The van der Waals surface area contributed by atoms with Crippen LogP contribution in [0.25, 0.3) is 0 Å². The number of para-hydroxylation sites is 1. The largest absolute Gasteiger partial charge is 0.488 e. The summed E-state index contributed by atoms with van der Waals surface area (Å²) < 4.78 is 11.4. The van der Waals surface area contributed by atoms with Gasteiger partial charge in [0, 0.05) is 5.56 Å². The first-order valence-corrected chi connectivity index (χ1v) is 10.5. The summed E-state index contributed by atoms with van der Waals surface area (Å²) in [6.07, 6.45) is 4.97. The lowest BCUT2D eigenvalue weighted by atomic mass is 10.1. The van der Waals surface area contributed by atoms with E-state index < -0.39 is 0 Å². The molecule has 0 aliphatic rings. The second-order valence-electron chi connectivity index (χ2n) is 7.14. The maximum atomic E-state index is 12.0. The van der Waals surface area contributed by atoms with Crippen LogP contribution >= 0.6 is 0 Å². The minimum absolute atomic E-state index is 0.0994. The Morgan fingerprint density at radius 3 is 2.42 bits per heavy atom. The zero-order chi connectivity index (χ0) is 21.7. The second kappa shape index (κ2) is 12.2. The van der Waals surface area contributed by atoms with Crippen LogP contribution in [0, 0.1) is 0 Å². The molecule has 0 radical (unpaired) electrons. The quantitative estimate of drug-likeness (QED) is 0.348. The molecule has 0 saturated carbocycles. The molecule has 0 aliphatic heterocycles. The lowest BCUT2D eigenvalue weighted by molar-refractivity contribution is -0.123. The van der Waals surface area contributed by atoms with Gasteiger partial charge in [-0.2, -0.15) is 5.10 Å². The first-order chi connectivity index (χ1) is 15.2. The van der Waals surface area contributed by atoms with Gasteiger partial charge in [0.2, 0.25) is 0 Å². The van der Waals surface area contributed by atoms with E-state index in [1.807, 2.05) is 78.9 Å². The first-order valence-electron chi connectivity index (χ1n) is 10.5. The van der Waals surface area contributed by atoms with Crippen LogP contribution in [0.4, 0.5) is 0 Å². The molecular formula is C26H28N2O3. The molecule has 0 atom stereocenters. The topological polar surface area (TPSA) is 59.9 Å². The molecule has 0 saturated heterocycles. The maximum absolute atomic E-state index is 12.0. The average Bonchev–Trinajstić information content (AvgIpc) is 2.82. The molecule has 31 heavy (non-hydrogen) atoms. The summed E-state index contributed by atoms with van der Waals surface area (Å²) in [7, 11) is 0. The molecular weight excluding hydrogens is 388 g/mol. The number of unbranched alkanes of at least 4 members (excludes halogenated alkanes) is 1. The number of amides is 1. The second-order valence-corrected chi connectivity index (χ2v) is 7.14. The lowest BCUT2D eigenvalue weighted by Crippen LogP contribution is -2.24. The van der Waals surface area contributed by atoms with Crippen LogP contribution in [-0.4, -0.2) is 18.7 Å². The highest BCUT2D eigenvalue weighted by atomic mass is 16.5. The van der Waals surface area contributed by atoms with E-state index >= 15 is 0 Å². The summed E-state index contributed by atoms with van der Waals surface area (Å²) in [6.45, 7) is 2.54. The van der Waals surface area contributed by atoms with E-state index in [1.165, 1.54) is 18.4 Å². The van der Waals surface area contributed by atoms with Crippen LogP contribution in [0.2, 0.25) is 0 Å². The third kappa shape index (κ3) is 7.63. The molecule has 0 heterocycles. The van der Waals surface area contributed by atoms with Crippen molar-refractivity contribution in [1.82, 2.24) is 5.43 Å². The molecule has 0 bridgehead atoms. The van der Waals surface area contributed by atoms with Crippen molar-refractivity contribution in [2.45, 2.75) is 32.8 Å². The summed E-state index contributed by atoms with van der Waals surface area (Å²) in [5.41, 5.74) is 5.63. The van der Waals surface area contributed by atoms with Crippen molar-refractivity contribution in [3.05, 3.63) is 95.6 Å². The van der Waals surface area contributed by atoms with Crippen LogP contribution in [0.15, 0.2) is 84.0 Å². The molecule has 3 aromatic rings. The van der Waals surface area contributed by atoms with Gasteiger partial charge in [0.1, 0.15) is 18.1 Å². The number of hydrogen-bond acceptors (Lipinski definition) is 4. The van der Waals surface area contributed by atoms with E-state index in [4.69, 9.17) is 9.47 Å². The van der Waals surface area contributed by atoms with Gasteiger partial charge in [0.15, 0.2) is 6.61 Å². The Hall–Kier alpha value is -3.60. The Morgan fingerprint density at radius 2 is 1.65 bits per heavy atom. The molecule has 5 nitrogen and oxygen atoms in total. The van der Waals surface area contributed by atoms with Crippen molar-refractivity contribution < 1.29 is 14.3 Å². The fourth-order valence-corrected chi connectivity index (χ4v) is 2.94. The monoisotopic (exact) mass is 416 g/mol. The molecule has 5 heteroatoms. The van der Waals surface area contributed by atoms with Gasteiger partial charge in [0.05, 0.1) is 6.21 Å². The van der Waals surface area contributed by atoms with Crippen LogP contribution in [0.3, 0.4) is 0 Å². The average molecular weight is 417 g/mol.